The van der Waals surface area contributed by atoms with Gasteiger partial charge in [0.25, 0.3) is 0 Å². The van der Waals surface area contributed by atoms with Crippen LogP contribution in [0.4, 0.5) is 0 Å². The van der Waals surface area contributed by atoms with Crippen molar-refractivity contribution < 1.29 is 9.90 Å². The summed E-state index contributed by atoms with van der Waals surface area (Å²) in [6, 6.07) is 0.457. The molecule has 4 rings (SSSR count). The normalized spacial score (nSPS) is 52.5. The number of piperidine rings is 1. The highest BCUT2D eigenvalue weighted by molar-refractivity contribution is 5.77. The van der Waals surface area contributed by atoms with Gasteiger partial charge in [0.2, 0.25) is 5.91 Å². The van der Waals surface area contributed by atoms with Gasteiger partial charge in [0.05, 0.1) is 6.10 Å². The summed E-state index contributed by atoms with van der Waals surface area (Å²) in [6.45, 7) is 6.97. The fraction of sp³-hybridized carbons (Fsp3) is 0.952. The summed E-state index contributed by atoms with van der Waals surface area (Å²) in [7, 11) is 2.04. The Labute approximate surface area is 147 Å². The van der Waals surface area contributed by atoms with Crippen LogP contribution >= 0.6 is 0 Å². The molecule has 3 nitrogen and oxygen atoms in total. The lowest BCUT2D eigenvalue weighted by atomic mass is 9.46. The third-order valence-electron chi connectivity index (χ3n) is 9.21. The molecule has 3 heteroatoms. The number of aliphatic hydroxyl groups excluding tert-OH is 1. The molecule has 1 heterocycles. The molecule has 0 aromatic rings. The number of rotatable bonds is 1. The van der Waals surface area contributed by atoms with Crippen molar-refractivity contribution in [2.75, 3.05) is 7.05 Å². The Hall–Kier alpha value is -0.570. The molecule has 8 atom stereocenters. The van der Waals surface area contributed by atoms with Crippen molar-refractivity contribution in [3.8, 4) is 0 Å². The first-order valence-electron chi connectivity index (χ1n) is 10.2. The Morgan fingerprint density at radius 2 is 1.75 bits per heavy atom. The van der Waals surface area contributed by atoms with Crippen molar-refractivity contribution in [1.29, 1.82) is 0 Å². The molecule has 0 spiro atoms. The van der Waals surface area contributed by atoms with Gasteiger partial charge in [0, 0.05) is 19.5 Å². The molecule has 1 unspecified atom stereocenters. The van der Waals surface area contributed by atoms with E-state index >= 15 is 0 Å². The largest absolute Gasteiger partial charge is 0.393 e. The second kappa shape index (κ2) is 5.46. The number of amides is 1. The molecule has 4 aliphatic rings. The summed E-state index contributed by atoms with van der Waals surface area (Å²) in [5, 5.41) is 10.3. The highest BCUT2D eigenvalue weighted by Crippen LogP contribution is 2.66. The van der Waals surface area contributed by atoms with Gasteiger partial charge in [-0.3, -0.25) is 4.79 Å². The molecular weight excluding hydrogens is 298 g/mol. The second-order valence-electron chi connectivity index (χ2n) is 9.95. The standard InChI is InChI=1S/C21H35NO2/c1-13(23)15-6-7-16-14-5-8-18-21(3,12-10-19(24)22(18)4)17(14)9-11-20(15,16)2/h13-18,23H,5-12H2,1-4H3/t13?,14-,15+,16-,17-,18+,20+,21+/m0/s1. The van der Waals surface area contributed by atoms with Crippen molar-refractivity contribution in [2.24, 2.45) is 34.5 Å². The molecule has 24 heavy (non-hydrogen) atoms. The first-order chi connectivity index (χ1) is 11.3. The Morgan fingerprint density at radius 1 is 1.04 bits per heavy atom. The molecule has 136 valence electrons. The van der Waals surface area contributed by atoms with E-state index in [9.17, 15) is 9.90 Å². The fourth-order valence-electron chi connectivity index (χ4n) is 7.98. The molecule has 3 saturated carbocycles. The van der Waals surface area contributed by atoms with E-state index in [-0.39, 0.29) is 6.10 Å². The number of fused-ring (bicyclic) bond motifs is 5. The molecule has 3 aliphatic carbocycles. The van der Waals surface area contributed by atoms with E-state index < -0.39 is 0 Å². The Bertz CT molecular complexity index is 532. The molecule has 1 aliphatic heterocycles. The van der Waals surface area contributed by atoms with Crippen LogP contribution in [0.25, 0.3) is 0 Å². The maximum atomic E-state index is 12.2. The molecular formula is C21H35NO2. The van der Waals surface area contributed by atoms with E-state index in [1.165, 1.54) is 38.5 Å². The summed E-state index contributed by atoms with van der Waals surface area (Å²) in [6.07, 6.45) is 9.23. The predicted octanol–water partition coefficient (Wildman–Crippen LogP) is 3.85. The molecule has 0 aromatic carbocycles. The number of nitrogens with zero attached hydrogens (tertiary/aromatic N) is 1. The number of hydrogen-bond donors (Lipinski definition) is 1. The van der Waals surface area contributed by atoms with E-state index in [0.29, 0.717) is 28.7 Å². The summed E-state index contributed by atoms with van der Waals surface area (Å²) >= 11 is 0. The van der Waals surface area contributed by atoms with Gasteiger partial charge in [0.15, 0.2) is 0 Å². The van der Waals surface area contributed by atoms with Crippen LogP contribution in [0.2, 0.25) is 0 Å². The van der Waals surface area contributed by atoms with Crippen LogP contribution < -0.4 is 0 Å². The van der Waals surface area contributed by atoms with Gasteiger partial charge in [-0.15, -0.1) is 0 Å². The molecule has 0 aromatic heterocycles. The first-order valence-corrected chi connectivity index (χ1v) is 10.2. The third-order valence-corrected chi connectivity index (χ3v) is 9.21. The molecule has 1 N–H and O–H groups in total. The lowest BCUT2D eigenvalue weighted by Crippen LogP contribution is -2.61. The first kappa shape index (κ1) is 16.9. The number of carbonyl (C=O) groups excluding carboxylic acids is 1. The Morgan fingerprint density at radius 3 is 2.46 bits per heavy atom. The van der Waals surface area contributed by atoms with Crippen LogP contribution in [0.1, 0.15) is 72.1 Å². The minimum atomic E-state index is -0.165. The number of likely N-dealkylation sites (tertiary alicyclic amines) is 1. The minimum absolute atomic E-state index is 0.165. The average Bonchev–Trinajstić information content (AvgIpc) is 2.89. The van der Waals surface area contributed by atoms with Crippen molar-refractivity contribution >= 4 is 5.91 Å². The van der Waals surface area contributed by atoms with Gasteiger partial charge < -0.3 is 10.0 Å². The molecule has 4 fully saturated rings. The van der Waals surface area contributed by atoms with Gasteiger partial charge in [-0.05, 0) is 86.4 Å². The molecule has 1 amide bonds. The van der Waals surface area contributed by atoms with E-state index in [2.05, 4.69) is 18.7 Å². The SMILES string of the molecule is CC(O)[C@H]1CC[C@H]2[C@@H]3CC[C@H]4N(C)C(=O)CC[C@]4(C)[C@H]3CC[C@]12C. The number of carbonyl (C=O) groups is 1. The smallest absolute Gasteiger partial charge is 0.222 e. The van der Waals surface area contributed by atoms with Crippen LogP contribution in [0.5, 0.6) is 0 Å². The molecule has 0 radical (unpaired) electrons. The summed E-state index contributed by atoms with van der Waals surface area (Å²) in [5.74, 6) is 3.22. The third kappa shape index (κ3) is 2.09. The number of hydrogen-bond acceptors (Lipinski definition) is 2. The summed E-state index contributed by atoms with van der Waals surface area (Å²) < 4.78 is 0. The number of aliphatic hydroxyl groups is 1. The van der Waals surface area contributed by atoms with Crippen molar-refractivity contribution in [3.63, 3.8) is 0 Å². The average molecular weight is 334 g/mol. The van der Waals surface area contributed by atoms with Gasteiger partial charge in [0.1, 0.15) is 0 Å². The lowest BCUT2D eigenvalue weighted by Gasteiger charge is -2.62. The van der Waals surface area contributed by atoms with E-state index in [0.717, 1.165) is 30.6 Å². The topological polar surface area (TPSA) is 40.5 Å². The maximum Gasteiger partial charge on any atom is 0.222 e. The zero-order valence-electron chi connectivity index (χ0n) is 15.9. The van der Waals surface area contributed by atoms with Crippen LogP contribution in [0.3, 0.4) is 0 Å². The fourth-order valence-corrected chi connectivity index (χ4v) is 7.98. The highest BCUT2D eigenvalue weighted by atomic mass is 16.3. The van der Waals surface area contributed by atoms with Crippen molar-refractivity contribution in [2.45, 2.75) is 84.3 Å². The predicted molar refractivity (Wildman–Crippen MR) is 95.3 cm³/mol. The zero-order valence-corrected chi connectivity index (χ0v) is 15.9. The van der Waals surface area contributed by atoms with Gasteiger partial charge in [-0.25, -0.2) is 0 Å². The Balaban J connectivity index is 1.63. The van der Waals surface area contributed by atoms with Crippen LogP contribution in [-0.2, 0) is 4.79 Å². The van der Waals surface area contributed by atoms with E-state index in [4.69, 9.17) is 0 Å². The molecule has 0 bridgehead atoms. The van der Waals surface area contributed by atoms with Crippen LogP contribution in [0, 0.1) is 34.5 Å². The van der Waals surface area contributed by atoms with Crippen molar-refractivity contribution in [3.05, 3.63) is 0 Å². The monoisotopic (exact) mass is 333 g/mol. The summed E-state index contributed by atoms with van der Waals surface area (Å²) in [4.78, 5) is 14.3. The van der Waals surface area contributed by atoms with E-state index in [1.54, 1.807) is 0 Å². The summed E-state index contributed by atoms with van der Waals surface area (Å²) in [5.41, 5.74) is 0.657. The van der Waals surface area contributed by atoms with Gasteiger partial charge in [-0.1, -0.05) is 13.8 Å². The zero-order chi connectivity index (χ0) is 17.3. The van der Waals surface area contributed by atoms with Gasteiger partial charge >= 0.3 is 0 Å². The maximum absolute atomic E-state index is 12.2. The second-order valence-corrected chi connectivity index (χ2v) is 9.95. The lowest BCUT2D eigenvalue weighted by molar-refractivity contribution is -0.159. The van der Waals surface area contributed by atoms with Gasteiger partial charge in [-0.2, -0.15) is 0 Å². The Kier molecular flexibility index (Phi) is 3.84. The van der Waals surface area contributed by atoms with Crippen LogP contribution in [-0.4, -0.2) is 35.1 Å². The minimum Gasteiger partial charge on any atom is -0.393 e. The molecule has 1 saturated heterocycles. The van der Waals surface area contributed by atoms with Crippen molar-refractivity contribution in [1.82, 2.24) is 4.90 Å². The van der Waals surface area contributed by atoms with E-state index in [1.807, 2.05) is 14.0 Å². The highest BCUT2D eigenvalue weighted by Gasteiger charge is 2.61. The van der Waals surface area contributed by atoms with Crippen LogP contribution in [0.15, 0.2) is 0 Å². The quantitative estimate of drug-likeness (QED) is 0.792.